The van der Waals surface area contributed by atoms with Crippen molar-refractivity contribution < 1.29 is 22.4 Å². The number of alkyl halides is 3. The molecule has 0 aliphatic carbocycles. The smallest absolute Gasteiger partial charge is 0.348 e. The molecular formula is C16H16F4N4O2S. The van der Waals surface area contributed by atoms with Crippen LogP contribution < -0.4 is 15.8 Å². The molecule has 1 amide bonds. The molecule has 1 aromatic heterocycles. The Labute approximate surface area is 156 Å². The van der Waals surface area contributed by atoms with Gasteiger partial charge >= 0.3 is 5.51 Å². The second-order valence-corrected chi connectivity index (χ2v) is 6.89. The number of nitrogens with one attached hydrogen (secondary N) is 2. The predicted molar refractivity (Wildman–Crippen MR) is 93.4 cm³/mol. The van der Waals surface area contributed by atoms with Gasteiger partial charge in [0, 0.05) is 20.2 Å². The molecule has 0 radical (unpaired) electrons. The number of amides is 1. The summed E-state index contributed by atoms with van der Waals surface area (Å²) in [5.41, 5.74) is -4.99. The SMILES string of the molecule is C[C@@H](NC(=O)c1cc(=O)[nH]c(N(C)C)n1)c1ccc(SC(F)(F)F)c(F)c1. The van der Waals surface area contributed by atoms with Gasteiger partial charge in [0.1, 0.15) is 11.5 Å². The van der Waals surface area contributed by atoms with Gasteiger partial charge in [0.15, 0.2) is 0 Å². The summed E-state index contributed by atoms with van der Waals surface area (Å²) in [6.45, 7) is 1.53. The molecule has 2 rings (SSSR count). The van der Waals surface area contributed by atoms with Gasteiger partial charge in [-0.05, 0) is 36.4 Å². The van der Waals surface area contributed by atoms with Crippen molar-refractivity contribution in [3.8, 4) is 0 Å². The number of carbonyl (C=O) groups excluding carboxylic acids is 1. The molecule has 0 spiro atoms. The second-order valence-electron chi connectivity index (χ2n) is 5.78. The van der Waals surface area contributed by atoms with E-state index in [2.05, 4.69) is 15.3 Å². The zero-order chi connectivity index (χ0) is 20.4. The highest BCUT2D eigenvalue weighted by molar-refractivity contribution is 8.00. The van der Waals surface area contributed by atoms with E-state index in [0.717, 1.165) is 18.2 Å². The van der Waals surface area contributed by atoms with Gasteiger partial charge in [-0.2, -0.15) is 13.2 Å². The van der Waals surface area contributed by atoms with Gasteiger partial charge in [0.2, 0.25) is 5.95 Å². The maximum atomic E-state index is 13.9. The highest BCUT2D eigenvalue weighted by atomic mass is 32.2. The molecular weight excluding hydrogens is 388 g/mol. The third-order valence-electron chi connectivity index (χ3n) is 3.41. The lowest BCUT2D eigenvalue weighted by atomic mass is 10.1. The molecule has 0 saturated carbocycles. The average Bonchev–Trinajstić information content (AvgIpc) is 2.54. The minimum atomic E-state index is -4.60. The fourth-order valence-electron chi connectivity index (χ4n) is 2.12. The van der Waals surface area contributed by atoms with Crippen LogP contribution in [-0.4, -0.2) is 35.5 Å². The topological polar surface area (TPSA) is 78.1 Å². The van der Waals surface area contributed by atoms with Gasteiger partial charge in [-0.3, -0.25) is 14.6 Å². The van der Waals surface area contributed by atoms with Gasteiger partial charge < -0.3 is 10.2 Å². The Hall–Kier alpha value is -2.56. The Morgan fingerprint density at radius 1 is 1.30 bits per heavy atom. The minimum absolute atomic E-state index is 0.140. The number of carbonyl (C=O) groups is 1. The van der Waals surface area contributed by atoms with Crippen molar-refractivity contribution in [2.75, 3.05) is 19.0 Å². The van der Waals surface area contributed by atoms with Crippen LogP contribution in [0, 0.1) is 5.82 Å². The van der Waals surface area contributed by atoms with Crippen LogP contribution >= 0.6 is 11.8 Å². The molecule has 0 unspecified atom stereocenters. The van der Waals surface area contributed by atoms with Gasteiger partial charge in [0.05, 0.1) is 10.9 Å². The zero-order valence-electron chi connectivity index (χ0n) is 14.5. The number of nitrogens with zero attached hydrogens (tertiary/aromatic N) is 2. The van der Waals surface area contributed by atoms with E-state index in [1.807, 2.05) is 0 Å². The molecule has 27 heavy (non-hydrogen) atoms. The highest BCUT2D eigenvalue weighted by Crippen LogP contribution is 2.38. The summed E-state index contributed by atoms with van der Waals surface area (Å²) in [5.74, 6) is -1.54. The molecule has 1 heterocycles. The third-order valence-corrected chi connectivity index (χ3v) is 4.20. The first-order valence-corrected chi connectivity index (χ1v) is 8.42. The van der Waals surface area contributed by atoms with Gasteiger partial charge in [0.25, 0.3) is 11.5 Å². The predicted octanol–water partition coefficient (Wildman–Crippen LogP) is 3.08. The third kappa shape index (κ3) is 5.71. The van der Waals surface area contributed by atoms with Crippen molar-refractivity contribution in [2.24, 2.45) is 0 Å². The largest absolute Gasteiger partial charge is 0.446 e. The number of anilines is 1. The lowest BCUT2D eigenvalue weighted by Gasteiger charge is -2.16. The van der Waals surface area contributed by atoms with E-state index in [-0.39, 0.29) is 17.2 Å². The number of H-pyrrole nitrogens is 1. The van der Waals surface area contributed by atoms with Crippen molar-refractivity contribution in [1.82, 2.24) is 15.3 Å². The maximum Gasteiger partial charge on any atom is 0.446 e. The summed E-state index contributed by atoms with van der Waals surface area (Å²) in [6, 6.07) is 3.51. The molecule has 1 aromatic carbocycles. The number of benzene rings is 1. The Balaban J connectivity index is 2.17. The Bertz CT molecular complexity index is 899. The number of hydrogen-bond acceptors (Lipinski definition) is 5. The van der Waals surface area contributed by atoms with E-state index < -0.39 is 45.5 Å². The molecule has 0 aliphatic rings. The van der Waals surface area contributed by atoms with Crippen molar-refractivity contribution >= 4 is 23.6 Å². The summed E-state index contributed by atoms with van der Waals surface area (Å²) in [4.78, 5) is 31.3. The lowest BCUT2D eigenvalue weighted by molar-refractivity contribution is -0.0329. The molecule has 0 bridgehead atoms. The quantitative estimate of drug-likeness (QED) is 0.592. The van der Waals surface area contributed by atoms with E-state index in [1.54, 1.807) is 14.1 Å². The fourth-order valence-corrected chi connectivity index (χ4v) is 2.66. The van der Waals surface area contributed by atoms with Crippen LogP contribution in [0.1, 0.15) is 29.0 Å². The number of hydrogen-bond donors (Lipinski definition) is 2. The summed E-state index contributed by atoms with van der Waals surface area (Å²) in [7, 11) is 3.26. The maximum absolute atomic E-state index is 13.9. The molecule has 6 nitrogen and oxygen atoms in total. The number of thioether (sulfide) groups is 1. The van der Waals surface area contributed by atoms with E-state index in [1.165, 1.54) is 17.9 Å². The van der Waals surface area contributed by atoms with Crippen LogP contribution in [0.2, 0.25) is 0 Å². The van der Waals surface area contributed by atoms with Crippen LogP contribution in [0.4, 0.5) is 23.5 Å². The molecule has 146 valence electrons. The molecule has 2 N–H and O–H groups in total. The van der Waals surface area contributed by atoms with Gasteiger partial charge in [-0.15, -0.1) is 0 Å². The molecule has 0 aliphatic heterocycles. The molecule has 2 aromatic rings. The average molecular weight is 404 g/mol. The van der Waals surface area contributed by atoms with Crippen molar-refractivity contribution in [3.05, 3.63) is 51.7 Å². The molecule has 11 heteroatoms. The summed E-state index contributed by atoms with van der Waals surface area (Å²) < 4.78 is 51.0. The van der Waals surface area contributed by atoms with Gasteiger partial charge in [-0.1, -0.05) is 6.07 Å². The number of aromatic amines is 1. The van der Waals surface area contributed by atoms with Crippen LogP contribution in [-0.2, 0) is 0 Å². The first kappa shape index (κ1) is 20.7. The number of rotatable bonds is 5. The van der Waals surface area contributed by atoms with E-state index in [9.17, 15) is 27.2 Å². The summed E-state index contributed by atoms with van der Waals surface area (Å²) >= 11 is -0.551. The summed E-state index contributed by atoms with van der Waals surface area (Å²) in [6.07, 6.45) is 0. The first-order valence-electron chi connectivity index (χ1n) is 7.61. The van der Waals surface area contributed by atoms with Crippen LogP contribution in [0.5, 0.6) is 0 Å². The fraction of sp³-hybridized carbons (Fsp3) is 0.312. The minimum Gasteiger partial charge on any atom is -0.348 e. The monoisotopic (exact) mass is 404 g/mol. The summed E-state index contributed by atoms with van der Waals surface area (Å²) in [5, 5.41) is 2.53. The number of halogens is 4. The van der Waals surface area contributed by atoms with Crippen molar-refractivity contribution in [2.45, 2.75) is 23.4 Å². The second kappa shape index (κ2) is 7.99. The van der Waals surface area contributed by atoms with Crippen LogP contribution in [0.3, 0.4) is 0 Å². The van der Waals surface area contributed by atoms with E-state index >= 15 is 0 Å². The number of aromatic nitrogens is 2. The van der Waals surface area contributed by atoms with E-state index in [4.69, 9.17) is 0 Å². The Morgan fingerprint density at radius 2 is 1.96 bits per heavy atom. The van der Waals surface area contributed by atoms with Gasteiger partial charge in [-0.25, -0.2) is 9.37 Å². The standard InChI is InChI=1S/C16H16F4N4O2S/c1-8(9-4-5-12(10(17)6-9)27-16(18,19)20)21-14(26)11-7-13(25)23-15(22-11)24(2)3/h4-8H,1-3H3,(H,21,26)(H,22,23,25)/t8-/m1/s1. The molecule has 0 fully saturated rings. The first-order chi connectivity index (χ1) is 12.5. The van der Waals surface area contributed by atoms with Crippen molar-refractivity contribution in [1.29, 1.82) is 0 Å². The molecule has 0 saturated heterocycles. The van der Waals surface area contributed by atoms with Crippen molar-refractivity contribution in [3.63, 3.8) is 0 Å². The lowest BCUT2D eigenvalue weighted by Crippen LogP contribution is -2.30. The van der Waals surface area contributed by atoms with Crippen LogP contribution in [0.25, 0.3) is 0 Å². The van der Waals surface area contributed by atoms with Crippen LogP contribution in [0.15, 0.2) is 34.0 Å². The zero-order valence-corrected chi connectivity index (χ0v) is 15.3. The Kier molecular flexibility index (Phi) is 6.14. The Morgan fingerprint density at radius 3 is 2.52 bits per heavy atom. The highest BCUT2D eigenvalue weighted by Gasteiger charge is 2.30. The molecule has 1 atom stereocenters. The normalized spacial score (nSPS) is 12.6. The van der Waals surface area contributed by atoms with E-state index in [0.29, 0.717) is 0 Å².